The number of nitrogens with one attached hydrogen (secondary N) is 2. The van der Waals surface area contributed by atoms with Gasteiger partial charge in [0.2, 0.25) is 10.0 Å². The maximum atomic E-state index is 12.3. The van der Waals surface area contributed by atoms with Crippen molar-refractivity contribution >= 4 is 27.6 Å². The van der Waals surface area contributed by atoms with Crippen molar-refractivity contribution in [2.75, 3.05) is 5.32 Å². The average Bonchev–Trinajstić information content (AvgIpc) is 2.66. The summed E-state index contributed by atoms with van der Waals surface area (Å²) in [6.45, 7) is 5.01. The van der Waals surface area contributed by atoms with E-state index in [2.05, 4.69) is 10.0 Å². The highest BCUT2D eigenvalue weighted by Gasteiger charge is 2.21. The number of anilines is 1. The van der Waals surface area contributed by atoms with Crippen LogP contribution in [0, 0.1) is 5.92 Å². The van der Waals surface area contributed by atoms with E-state index in [1.807, 2.05) is 0 Å². The van der Waals surface area contributed by atoms with E-state index in [1.54, 1.807) is 13.8 Å². The zero-order valence-corrected chi connectivity index (χ0v) is 18.3. The highest BCUT2D eigenvalue weighted by atomic mass is 32.2. The van der Waals surface area contributed by atoms with E-state index in [9.17, 15) is 18.0 Å². The standard InChI is InChI=1S/C21H32N2O5S/c1-15(2)23-29(26,27)19-12-10-18(11-13-19)22-21(25)16(3)28-20(24)14-9-17-7-5-4-6-8-17/h10-13,15-17,23H,4-9,14H2,1-3H3,(H,22,25)/t16-/m0/s1. The van der Waals surface area contributed by atoms with E-state index < -0.39 is 22.0 Å². The van der Waals surface area contributed by atoms with Crippen LogP contribution in [-0.2, 0) is 24.3 Å². The minimum Gasteiger partial charge on any atom is -0.453 e. The molecule has 2 N–H and O–H groups in total. The molecule has 8 heteroatoms. The Balaban J connectivity index is 1.81. The molecular weight excluding hydrogens is 392 g/mol. The summed E-state index contributed by atoms with van der Waals surface area (Å²) in [5, 5.41) is 2.64. The van der Waals surface area contributed by atoms with Crippen LogP contribution < -0.4 is 10.0 Å². The Hall–Kier alpha value is -1.93. The number of hydrogen-bond donors (Lipinski definition) is 2. The van der Waals surface area contributed by atoms with Crippen LogP contribution in [0.4, 0.5) is 5.69 Å². The predicted molar refractivity (Wildman–Crippen MR) is 112 cm³/mol. The molecule has 1 saturated carbocycles. The Morgan fingerprint density at radius 1 is 1.07 bits per heavy atom. The molecule has 0 heterocycles. The third-order valence-corrected chi connectivity index (χ3v) is 6.66. The zero-order chi connectivity index (χ0) is 21.4. The first-order valence-electron chi connectivity index (χ1n) is 10.3. The molecule has 0 unspecified atom stereocenters. The number of carbonyl (C=O) groups excluding carboxylic acids is 2. The molecule has 1 aliphatic rings. The van der Waals surface area contributed by atoms with Crippen molar-refractivity contribution in [2.45, 2.75) is 82.8 Å². The summed E-state index contributed by atoms with van der Waals surface area (Å²) in [4.78, 5) is 24.4. The third kappa shape index (κ3) is 7.78. The van der Waals surface area contributed by atoms with Crippen LogP contribution in [0.15, 0.2) is 29.2 Å². The number of rotatable bonds is 9. The van der Waals surface area contributed by atoms with Crippen LogP contribution >= 0.6 is 0 Å². The number of carbonyl (C=O) groups is 2. The van der Waals surface area contributed by atoms with E-state index in [0.29, 0.717) is 18.0 Å². The molecule has 29 heavy (non-hydrogen) atoms. The first-order valence-corrected chi connectivity index (χ1v) is 11.8. The van der Waals surface area contributed by atoms with E-state index in [0.717, 1.165) is 6.42 Å². The van der Waals surface area contributed by atoms with Crippen LogP contribution in [-0.4, -0.2) is 32.4 Å². The SMILES string of the molecule is CC(C)NS(=O)(=O)c1ccc(NC(=O)[C@H](C)OC(=O)CCC2CCCCC2)cc1. The van der Waals surface area contributed by atoms with Gasteiger partial charge >= 0.3 is 5.97 Å². The molecular formula is C21H32N2O5S. The molecule has 0 aromatic heterocycles. The molecule has 1 aromatic rings. The molecule has 1 fully saturated rings. The zero-order valence-electron chi connectivity index (χ0n) is 17.4. The predicted octanol–water partition coefficient (Wildman–Crippen LogP) is 3.60. The molecule has 162 valence electrons. The minimum absolute atomic E-state index is 0.117. The van der Waals surface area contributed by atoms with Crippen LogP contribution in [0.25, 0.3) is 0 Å². The Morgan fingerprint density at radius 3 is 2.28 bits per heavy atom. The summed E-state index contributed by atoms with van der Waals surface area (Å²) in [5.41, 5.74) is 0.434. The van der Waals surface area contributed by atoms with Gasteiger partial charge in [0.1, 0.15) is 0 Å². The van der Waals surface area contributed by atoms with Gasteiger partial charge in [-0.05, 0) is 57.4 Å². The van der Waals surface area contributed by atoms with Gasteiger partial charge in [-0.2, -0.15) is 0 Å². The molecule has 0 bridgehead atoms. The number of benzene rings is 1. The van der Waals surface area contributed by atoms with Crippen molar-refractivity contribution in [3.05, 3.63) is 24.3 Å². The Bertz CT molecular complexity index is 784. The Morgan fingerprint density at radius 2 is 1.69 bits per heavy atom. The molecule has 1 aliphatic carbocycles. The van der Waals surface area contributed by atoms with Gasteiger partial charge < -0.3 is 10.1 Å². The highest BCUT2D eigenvalue weighted by molar-refractivity contribution is 7.89. The normalized spacial score (nSPS) is 16.4. The summed E-state index contributed by atoms with van der Waals surface area (Å²) >= 11 is 0. The Kier molecular flexibility index (Phi) is 8.64. The summed E-state index contributed by atoms with van der Waals surface area (Å²) in [5.74, 6) is -0.230. The second-order valence-electron chi connectivity index (χ2n) is 7.96. The molecule has 7 nitrogen and oxygen atoms in total. The molecule has 1 aromatic carbocycles. The van der Waals surface area contributed by atoms with Crippen molar-refractivity contribution < 1.29 is 22.7 Å². The number of sulfonamides is 1. The van der Waals surface area contributed by atoms with Gasteiger partial charge in [0.25, 0.3) is 5.91 Å². The fourth-order valence-electron chi connectivity index (χ4n) is 3.45. The molecule has 1 atom stereocenters. The quantitative estimate of drug-likeness (QED) is 0.590. The smallest absolute Gasteiger partial charge is 0.306 e. The lowest BCUT2D eigenvalue weighted by Crippen LogP contribution is -2.31. The molecule has 0 spiro atoms. The summed E-state index contributed by atoms with van der Waals surface area (Å²) in [7, 11) is -3.58. The van der Waals surface area contributed by atoms with Gasteiger partial charge in [-0.3, -0.25) is 9.59 Å². The summed E-state index contributed by atoms with van der Waals surface area (Å²) in [6, 6.07) is 5.63. The second-order valence-corrected chi connectivity index (χ2v) is 9.68. The van der Waals surface area contributed by atoms with Gasteiger partial charge in [0.05, 0.1) is 4.90 Å². The third-order valence-electron chi connectivity index (χ3n) is 4.98. The lowest BCUT2D eigenvalue weighted by Gasteiger charge is -2.21. The van der Waals surface area contributed by atoms with Gasteiger partial charge in [-0.15, -0.1) is 0 Å². The van der Waals surface area contributed by atoms with Crippen LogP contribution in [0.2, 0.25) is 0 Å². The molecule has 0 aliphatic heterocycles. The van der Waals surface area contributed by atoms with Crippen LogP contribution in [0.5, 0.6) is 0 Å². The molecule has 2 rings (SSSR count). The first kappa shape index (κ1) is 23.3. The van der Waals surface area contributed by atoms with Gasteiger partial charge in [-0.25, -0.2) is 13.1 Å². The number of ether oxygens (including phenoxy) is 1. The fourth-order valence-corrected chi connectivity index (χ4v) is 4.70. The van der Waals surface area contributed by atoms with Gasteiger partial charge in [0, 0.05) is 18.2 Å². The molecule has 0 radical (unpaired) electrons. The lowest BCUT2D eigenvalue weighted by molar-refractivity contribution is -0.153. The second kappa shape index (κ2) is 10.7. The van der Waals surface area contributed by atoms with Crippen molar-refractivity contribution in [1.29, 1.82) is 0 Å². The lowest BCUT2D eigenvalue weighted by atomic mass is 9.86. The fraction of sp³-hybridized carbons (Fsp3) is 0.619. The van der Waals surface area contributed by atoms with Crippen molar-refractivity contribution in [3.8, 4) is 0 Å². The van der Waals surface area contributed by atoms with Gasteiger partial charge in [0.15, 0.2) is 6.10 Å². The van der Waals surface area contributed by atoms with Crippen LogP contribution in [0.1, 0.15) is 65.7 Å². The maximum Gasteiger partial charge on any atom is 0.306 e. The highest BCUT2D eigenvalue weighted by Crippen LogP contribution is 2.27. The molecule has 0 saturated heterocycles. The van der Waals surface area contributed by atoms with Crippen LogP contribution in [0.3, 0.4) is 0 Å². The van der Waals surface area contributed by atoms with Crippen molar-refractivity contribution in [2.24, 2.45) is 5.92 Å². The number of esters is 1. The largest absolute Gasteiger partial charge is 0.453 e. The van der Waals surface area contributed by atoms with Crippen molar-refractivity contribution in [1.82, 2.24) is 4.72 Å². The number of amides is 1. The summed E-state index contributed by atoms with van der Waals surface area (Å²) in [6.07, 6.45) is 6.30. The molecule has 1 amide bonds. The minimum atomic E-state index is -3.58. The topological polar surface area (TPSA) is 102 Å². The summed E-state index contributed by atoms with van der Waals surface area (Å²) < 4.78 is 32.0. The Labute approximate surface area is 173 Å². The van der Waals surface area contributed by atoms with E-state index >= 15 is 0 Å². The van der Waals surface area contributed by atoms with Gasteiger partial charge in [-0.1, -0.05) is 32.1 Å². The van der Waals surface area contributed by atoms with E-state index in [-0.39, 0.29) is 16.9 Å². The number of hydrogen-bond acceptors (Lipinski definition) is 5. The maximum absolute atomic E-state index is 12.3. The first-order chi connectivity index (χ1) is 13.7. The van der Waals surface area contributed by atoms with Crippen molar-refractivity contribution in [3.63, 3.8) is 0 Å². The monoisotopic (exact) mass is 424 g/mol. The average molecular weight is 425 g/mol. The van der Waals surface area contributed by atoms with E-state index in [1.165, 1.54) is 63.3 Å². The van der Waals surface area contributed by atoms with E-state index in [4.69, 9.17) is 4.74 Å².